The first-order valence-electron chi connectivity index (χ1n) is 6.55. The smallest absolute Gasteiger partial charge is 0.309 e. The number of pyridine rings is 1. The van der Waals surface area contributed by atoms with E-state index >= 15 is 0 Å². The van der Waals surface area contributed by atoms with E-state index in [9.17, 15) is 8.42 Å². The fraction of sp³-hybridized carbons (Fsp3) is 0.500. The lowest BCUT2D eigenvalue weighted by atomic mass is 9.98. The quantitative estimate of drug-likeness (QED) is 0.435. The second kappa shape index (κ2) is 7.22. The van der Waals surface area contributed by atoms with Gasteiger partial charge in [-0.1, -0.05) is 31.5 Å². The van der Waals surface area contributed by atoms with Crippen LogP contribution in [0.4, 0.5) is 5.82 Å². The Labute approximate surface area is 131 Å². The predicted octanol–water partition coefficient (Wildman–Crippen LogP) is 1.96. The molecular weight excluding hydrogens is 304 g/mol. The number of rotatable bonds is 7. The van der Waals surface area contributed by atoms with Crippen LogP contribution < -0.4 is 4.74 Å². The van der Waals surface area contributed by atoms with Gasteiger partial charge in [0.1, 0.15) is 6.34 Å². The molecule has 0 aromatic carbocycles. The molecule has 1 aromatic heterocycles. The highest BCUT2D eigenvalue weighted by Crippen LogP contribution is 2.21. The molecule has 0 aliphatic carbocycles. The van der Waals surface area contributed by atoms with E-state index in [1.54, 1.807) is 51.0 Å². The molecule has 1 rings (SSSR count). The van der Waals surface area contributed by atoms with Crippen LogP contribution in [0.5, 0.6) is 5.88 Å². The molecule has 7 nitrogen and oxygen atoms in total. The molecule has 1 heterocycles. The first-order valence-corrected chi connectivity index (χ1v) is 8.16. The molecule has 0 aliphatic heterocycles. The van der Waals surface area contributed by atoms with Crippen LogP contribution in [-0.4, -0.2) is 51.1 Å². The summed E-state index contributed by atoms with van der Waals surface area (Å²) in [6, 6.07) is 4.87. The summed E-state index contributed by atoms with van der Waals surface area (Å²) in [6.07, 6.45) is 1.26. The molecule has 0 N–H and O–H groups in total. The summed E-state index contributed by atoms with van der Waals surface area (Å²) in [7, 11) is -0.177. The molecule has 0 unspecified atom stereocenters. The van der Waals surface area contributed by atoms with Crippen LogP contribution in [0, 0.1) is 12.0 Å². The van der Waals surface area contributed by atoms with E-state index in [0.29, 0.717) is 5.88 Å². The molecule has 0 aliphatic rings. The first kappa shape index (κ1) is 17.9. The van der Waals surface area contributed by atoms with Crippen molar-refractivity contribution in [2.75, 3.05) is 26.5 Å². The van der Waals surface area contributed by atoms with Crippen LogP contribution >= 0.6 is 0 Å². The van der Waals surface area contributed by atoms with E-state index in [-0.39, 0.29) is 18.2 Å². The molecule has 0 amide bonds. The minimum Gasteiger partial charge on any atom is -0.460 e. The summed E-state index contributed by atoms with van der Waals surface area (Å²) < 4.78 is 32.9. The maximum absolute atomic E-state index is 11.9. The Balaban J connectivity index is 2.69. The van der Waals surface area contributed by atoms with Crippen LogP contribution in [-0.2, 0) is 10.0 Å². The van der Waals surface area contributed by atoms with Crippen molar-refractivity contribution < 1.29 is 13.2 Å². The molecule has 0 saturated carbocycles. The van der Waals surface area contributed by atoms with Gasteiger partial charge in [0.2, 0.25) is 0 Å². The fourth-order valence-electron chi connectivity index (χ4n) is 1.55. The molecule has 120 valence electrons. The molecule has 0 radical (unpaired) electrons. The minimum atomic E-state index is -3.57. The highest BCUT2D eigenvalue weighted by molar-refractivity contribution is 7.90. The van der Waals surface area contributed by atoms with Gasteiger partial charge >= 0.3 is 5.88 Å². The molecule has 0 saturated heterocycles. The van der Waals surface area contributed by atoms with Gasteiger partial charge in [-0.25, -0.2) is 8.42 Å². The normalized spacial score (nSPS) is 12.1. The summed E-state index contributed by atoms with van der Waals surface area (Å²) in [5, 5.41) is 0. The second-order valence-corrected chi connectivity index (χ2v) is 7.47. The summed E-state index contributed by atoms with van der Waals surface area (Å²) in [5.74, 6) is 0.390. The van der Waals surface area contributed by atoms with Crippen LogP contribution in [0.3, 0.4) is 0 Å². The van der Waals surface area contributed by atoms with Gasteiger partial charge in [0.15, 0.2) is 0 Å². The van der Waals surface area contributed by atoms with Gasteiger partial charge in [0, 0.05) is 25.6 Å². The molecule has 22 heavy (non-hydrogen) atoms. The highest BCUT2D eigenvalue weighted by Gasteiger charge is 2.27. The lowest BCUT2D eigenvalue weighted by Gasteiger charge is -2.22. The van der Waals surface area contributed by atoms with Gasteiger partial charge in [-0.15, -0.1) is 0 Å². The van der Waals surface area contributed by atoms with Crippen molar-refractivity contribution in [3.8, 4) is 5.88 Å². The predicted molar refractivity (Wildman–Crippen MR) is 85.7 cm³/mol. The zero-order chi connectivity index (χ0) is 16.8. The third kappa shape index (κ3) is 6.54. The van der Waals surface area contributed by atoms with Gasteiger partial charge < -0.3 is 14.5 Å². The minimum absolute atomic E-state index is 0.146. The van der Waals surface area contributed by atoms with Gasteiger partial charge in [-0.2, -0.15) is 4.40 Å². The lowest BCUT2D eigenvalue weighted by molar-refractivity contribution is 0.193. The third-order valence-electron chi connectivity index (χ3n) is 2.45. The van der Waals surface area contributed by atoms with E-state index in [4.69, 9.17) is 11.3 Å². The molecule has 8 heteroatoms. The number of nitrogens with zero attached hydrogens (tertiary/aromatic N) is 4. The van der Waals surface area contributed by atoms with E-state index < -0.39 is 15.4 Å². The van der Waals surface area contributed by atoms with E-state index in [0.717, 1.165) is 0 Å². The molecule has 0 fully saturated rings. The lowest BCUT2D eigenvalue weighted by Crippen LogP contribution is -2.30. The molecule has 1 aromatic rings. The Kier molecular flexibility index (Phi) is 5.88. The van der Waals surface area contributed by atoms with Crippen molar-refractivity contribution >= 4 is 22.2 Å². The monoisotopic (exact) mass is 324 g/mol. The van der Waals surface area contributed by atoms with Crippen molar-refractivity contribution in [1.82, 2.24) is 9.88 Å². The van der Waals surface area contributed by atoms with E-state index in [1.807, 2.05) is 0 Å². The van der Waals surface area contributed by atoms with Crippen LogP contribution in [0.15, 0.2) is 22.6 Å². The zero-order valence-corrected chi connectivity index (χ0v) is 14.0. The first-order chi connectivity index (χ1) is 10.1. The number of aromatic nitrogens is 1. The SMILES string of the molecule is [C-]#[N+]c1cccc(OCC(C)(C)CS(=O)(=O)/N=C/N(C)C)n1. The van der Waals surface area contributed by atoms with Gasteiger partial charge in [-0.05, 0) is 6.07 Å². The topological polar surface area (TPSA) is 76.2 Å². The number of sulfonamides is 1. The number of hydrogen-bond donors (Lipinski definition) is 0. The second-order valence-electron chi connectivity index (χ2n) is 5.81. The standard InChI is InChI=1S/C14H20N4O3S/c1-14(2,10-22(19,20)16-11-18(4)5)9-21-13-8-6-7-12(15-3)17-13/h6-8,11H,9-10H2,1-2,4-5H3/b16-11+. The molecule has 0 bridgehead atoms. The Bertz CT molecular complexity index is 676. The van der Waals surface area contributed by atoms with Crippen molar-refractivity contribution in [2.45, 2.75) is 13.8 Å². The highest BCUT2D eigenvalue weighted by atomic mass is 32.2. The summed E-state index contributed by atoms with van der Waals surface area (Å²) in [5.41, 5.74) is -0.641. The average molecular weight is 324 g/mol. The summed E-state index contributed by atoms with van der Waals surface area (Å²) >= 11 is 0. The Morgan fingerprint density at radius 3 is 2.73 bits per heavy atom. The van der Waals surface area contributed by atoms with Crippen LogP contribution in [0.2, 0.25) is 0 Å². The zero-order valence-electron chi connectivity index (χ0n) is 13.1. The number of ether oxygens (including phenoxy) is 1. The molecule has 0 spiro atoms. The van der Waals surface area contributed by atoms with E-state index in [1.165, 1.54) is 6.34 Å². The maximum atomic E-state index is 11.9. The van der Waals surface area contributed by atoms with Crippen molar-refractivity contribution in [3.05, 3.63) is 29.6 Å². The van der Waals surface area contributed by atoms with Crippen LogP contribution in [0.1, 0.15) is 13.8 Å². The van der Waals surface area contributed by atoms with Crippen molar-refractivity contribution in [2.24, 2.45) is 9.81 Å². The van der Waals surface area contributed by atoms with Crippen molar-refractivity contribution in [1.29, 1.82) is 0 Å². The Hall–Kier alpha value is -2.14. The summed E-state index contributed by atoms with van der Waals surface area (Å²) in [6.45, 7) is 10.6. The average Bonchev–Trinajstić information content (AvgIpc) is 2.42. The Morgan fingerprint density at radius 2 is 2.14 bits per heavy atom. The van der Waals surface area contributed by atoms with Crippen molar-refractivity contribution in [3.63, 3.8) is 0 Å². The maximum Gasteiger partial charge on any atom is 0.309 e. The summed E-state index contributed by atoms with van der Waals surface area (Å²) in [4.78, 5) is 8.76. The number of hydrogen-bond acceptors (Lipinski definition) is 4. The molecular formula is C14H20N4O3S. The third-order valence-corrected chi connectivity index (χ3v) is 4.01. The largest absolute Gasteiger partial charge is 0.460 e. The van der Waals surface area contributed by atoms with Gasteiger partial charge in [0.25, 0.3) is 15.8 Å². The fourth-order valence-corrected chi connectivity index (χ4v) is 3.03. The van der Waals surface area contributed by atoms with Crippen LogP contribution in [0.25, 0.3) is 4.85 Å². The Morgan fingerprint density at radius 1 is 1.45 bits per heavy atom. The van der Waals surface area contributed by atoms with Gasteiger partial charge in [0.05, 0.1) is 12.4 Å². The van der Waals surface area contributed by atoms with Gasteiger partial charge in [-0.3, -0.25) is 0 Å². The molecule has 0 atom stereocenters. The van der Waals surface area contributed by atoms with E-state index in [2.05, 4.69) is 14.2 Å².